The zero-order valence-electron chi connectivity index (χ0n) is 11.4. The molecule has 1 aromatic rings. The molecule has 1 nitrogen and oxygen atoms in total. The van der Waals surface area contributed by atoms with Crippen molar-refractivity contribution in [2.75, 3.05) is 0 Å². The molecule has 3 atom stereocenters. The molecule has 0 spiro atoms. The highest BCUT2D eigenvalue weighted by molar-refractivity contribution is 5.25. The summed E-state index contributed by atoms with van der Waals surface area (Å²) in [5, 5.41) is 3.72. The van der Waals surface area contributed by atoms with Crippen molar-refractivity contribution in [2.45, 2.75) is 58.5 Å². The lowest BCUT2D eigenvalue weighted by Gasteiger charge is -2.14. The van der Waals surface area contributed by atoms with Gasteiger partial charge in [0.05, 0.1) is 0 Å². The van der Waals surface area contributed by atoms with Crippen LogP contribution in [0.15, 0.2) is 24.3 Å². The average molecular weight is 231 g/mol. The molecule has 0 radical (unpaired) electrons. The van der Waals surface area contributed by atoms with E-state index in [4.69, 9.17) is 0 Å². The first-order chi connectivity index (χ1) is 8.24. The minimum absolute atomic E-state index is 0.493. The van der Waals surface area contributed by atoms with Crippen molar-refractivity contribution in [1.82, 2.24) is 5.32 Å². The van der Waals surface area contributed by atoms with E-state index in [1.54, 1.807) is 0 Å². The lowest BCUT2D eigenvalue weighted by Crippen LogP contribution is -2.22. The van der Waals surface area contributed by atoms with Crippen molar-refractivity contribution in [3.05, 3.63) is 35.4 Å². The van der Waals surface area contributed by atoms with Crippen LogP contribution in [0.3, 0.4) is 0 Å². The largest absolute Gasteiger partial charge is 0.307 e. The molecule has 1 N–H and O–H groups in total. The molecule has 1 aliphatic carbocycles. The molecular formula is C16H25N. The van der Waals surface area contributed by atoms with Crippen molar-refractivity contribution < 1.29 is 0 Å². The second-order valence-corrected chi connectivity index (χ2v) is 5.39. The summed E-state index contributed by atoms with van der Waals surface area (Å²) in [5.74, 6) is 0.928. The van der Waals surface area contributed by atoms with Gasteiger partial charge in [0.15, 0.2) is 0 Å². The van der Waals surface area contributed by atoms with Crippen molar-refractivity contribution >= 4 is 0 Å². The molecule has 17 heavy (non-hydrogen) atoms. The molecule has 1 fully saturated rings. The van der Waals surface area contributed by atoms with Crippen molar-refractivity contribution in [3.63, 3.8) is 0 Å². The van der Waals surface area contributed by atoms with Gasteiger partial charge in [-0.05, 0) is 36.8 Å². The number of hydrogen-bond acceptors (Lipinski definition) is 1. The van der Waals surface area contributed by atoms with Crippen LogP contribution in [0.1, 0.15) is 57.2 Å². The molecule has 0 amide bonds. The molecule has 1 aromatic carbocycles. The molecule has 0 saturated heterocycles. The molecule has 94 valence electrons. The van der Waals surface area contributed by atoms with E-state index in [9.17, 15) is 0 Å². The molecule has 2 rings (SSSR count). The van der Waals surface area contributed by atoms with E-state index in [1.807, 2.05) is 0 Å². The highest BCUT2D eigenvalue weighted by Crippen LogP contribution is 2.35. The fourth-order valence-corrected chi connectivity index (χ4v) is 2.58. The first kappa shape index (κ1) is 12.6. The first-order valence-electron chi connectivity index (χ1n) is 7.09. The van der Waals surface area contributed by atoms with Crippen LogP contribution in [0, 0.1) is 5.92 Å². The van der Waals surface area contributed by atoms with E-state index in [2.05, 4.69) is 50.4 Å². The van der Waals surface area contributed by atoms with Gasteiger partial charge in [0.2, 0.25) is 0 Å². The van der Waals surface area contributed by atoms with Gasteiger partial charge in [0.25, 0.3) is 0 Å². The minimum Gasteiger partial charge on any atom is -0.307 e. The molecule has 0 aliphatic heterocycles. The second-order valence-electron chi connectivity index (χ2n) is 5.39. The smallest absolute Gasteiger partial charge is 0.0294 e. The van der Waals surface area contributed by atoms with Gasteiger partial charge in [-0.1, -0.05) is 51.0 Å². The number of hydrogen-bond donors (Lipinski definition) is 1. The maximum absolute atomic E-state index is 3.72. The van der Waals surface area contributed by atoms with Gasteiger partial charge in [-0.25, -0.2) is 0 Å². The monoisotopic (exact) mass is 231 g/mol. The first-order valence-corrected chi connectivity index (χ1v) is 7.09. The third kappa shape index (κ3) is 3.32. The standard InChI is InChI=1S/C16H25N/c1-4-6-13-7-9-15(10-8-13)12(3)17-16-11-14(16)5-2/h7-10,12,14,16-17H,4-6,11H2,1-3H3. The van der Waals surface area contributed by atoms with E-state index in [0.717, 1.165) is 12.0 Å². The van der Waals surface area contributed by atoms with Crippen LogP contribution >= 0.6 is 0 Å². The lowest BCUT2D eigenvalue weighted by molar-refractivity contribution is 0.539. The highest BCUT2D eigenvalue weighted by Gasteiger charge is 2.35. The Balaban J connectivity index is 1.88. The van der Waals surface area contributed by atoms with Crippen LogP contribution in [0.5, 0.6) is 0 Å². The Morgan fingerprint density at radius 1 is 1.24 bits per heavy atom. The molecule has 1 aliphatic rings. The number of benzene rings is 1. The van der Waals surface area contributed by atoms with Gasteiger partial charge < -0.3 is 5.32 Å². The van der Waals surface area contributed by atoms with Gasteiger partial charge in [0, 0.05) is 12.1 Å². The fraction of sp³-hybridized carbons (Fsp3) is 0.625. The summed E-state index contributed by atoms with van der Waals surface area (Å²) in [4.78, 5) is 0. The Hall–Kier alpha value is -0.820. The topological polar surface area (TPSA) is 12.0 Å². The van der Waals surface area contributed by atoms with Crippen LogP contribution in [-0.4, -0.2) is 6.04 Å². The van der Waals surface area contributed by atoms with Crippen LogP contribution in [-0.2, 0) is 6.42 Å². The summed E-state index contributed by atoms with van der Waals surface area (Å²) in [6.07, 6.45) is 5.12. The predicted octanol–water partition coefficient (Wildman–Crippen LogP) is 4.09. The summed E-state index contributed by atoms with van der Waals surface area (Å²) in [6.45, 7) is 6.80. The van der Waals surface area contributed by atoms with Gasteiger partial charge in [-0.15, -0.1) is 0 Å². The Kier molecular flexibility index (Phi) is 4.22. The predicted molar refractivity (Wildman–Crippen MR) is 74.2 cm³/mol. The van der Waals surface area contributed by atoms with Gasteiger partial charge in [-0.3, -0.25) is 0 Å². The Bertz CT molecular complexity index is 341. The van der Waals surface area contributed by atoms with E-state index in [0.29, 0.717) is 6.04 Å². The maximum atomic E-state index is 3.72. The van der Waals surface area contributed by atoms with Crippen molar-refractivity contribution in [1.29, 1.82) is 0 Å². The third-order valence-electron chi connectivity index (χ3n) is 3.93. The average Bonchev–Trinajstić information content (AvgIpc) is 3.09. The van der Waals surface area contributed by atoms with Gasteiger partial charge >= 0.3 is 0 Å². The van der Waals surface area contributed by atoms with Crippen LogP contribution < -0.4 is 5.32 Å². The third-order valence-corrected chi connectivity index (χ3v) is 3.93. The van der Waals surface area contributed by atoms with E-state index >= 15 is 0 Å². The minimum atomic E-state index is 0.493. The molecule has 3 unspecified atom stereocenters. The Morgan fingerprint density at radius 3 is 2.47 bits per heavy atom. The summed E-state index contributed by atoms with van der Waals surface area (Å²) >= 11 is 0. The van der Waals surface area contributed by atoms with Crippen LogP contribution in [0.2, 0.25) is 0 Å². The quantitative estimate of drug-likeness (QED) is 0.777. The summed E-state index contributed by atoms with van der Waals surface area (Å²) in [6, 6.07) is 10.4. The molecule has 0 bridgehead atoms. The number of aryl methyl sites for hydroxylation is 1. The summed E-state index contributed by atoms with van der Waals surface area (Å²) in [7, 11) is 0. The highest BCUT2D eigenvalue weighted by atomic mass is 15.0. The number of rotatable bonds is 6. The van der Waals surface area contributed by atoms with Gasteiger partial charge in [-0.2, -0.15) is 0 Å². The van der Waals surface area contributed by atoms with Crippen LogP contribution in [0.25, 0.3) is 0 Å². The maximum Gasteiger partial charge on any atom is 0.0294 e. The zero-order chi connectivity index (χ0) is 12.3. The molecule has 0 aromatic heterocycles. The molecule has 1 saturated carbocycles. The van der Waals surface area contributed by atoms with Crippen molar-refractivity contribution in [3.8, 4) is 0 Å². The van der Waals surface area contributed by atoms with E-state index < -0.39 is 0 Å². The lowest BCUT2D eigenvalue weighted by atomic mass is 10.0. The molecular weight excluding hydrogens is 206 g/mol. The number of nitrogens with one attached hydrogen (secondary N) is 1. The van der Waals surface area contributed by atoms with Crippen LogP contribution in [0.4, 0.5) is 0 Å². The summed E-state index contributed by atoms with van der Waals surface area (Å²) in [5.41, 5.74) is 2.88. The van der Waals surface area contributed by atoms with E-state index in [1.165, 1.54) is 36.8 Å². The Labute approximate surface area is 106 Å². The van der Waals surface area contributed by atoms with E-state index in [-0.39, 0.29) is 0 Å². The molecule has 1 heteroatoms. The Morgan fingerprint density at radius 2 is 1.94 bits per heavy atom. The second kappa shape index (κ2) is 5.68. The van der Waals surface area contributed by atoms with Gasteiger partial charge in [0.1, 0.15) is 0 Å². The molecule has 0 heterocycles. The SMILES string of the molecule is CCCc1ccc(C(C)NC2CC2CC)cc1. The summed E-state index contributed by atoms with van der Waals surface area (Å²) < 4.78 is 0. The van der Waals surface area contributed by atoms with Crippen molar-refractivity contribution in [2.24, 2.45) is 5.92 Å². The fourth-order valence-electron chi connectivity index (χ4n) is 2.58. The normalized spacial score (nSPS) is 24.6. The zero-order valence-corrected chi connectivity index (χ0v) is 11.4.